The average molecular weight is 298 g/mol. The van der Waals surface area contributed by atoms with Gasteiger partial charge in [0.25, 0.3) is 0 Å². The van der Waals surface area contributed by atoms with Crippen molar-refractivity contribution >= 4 is 11.9 Å². The zero-order valence-corrected chi connectivity index (χ0v) is 11.7. The number of hydrogen-bond donors (Lipinski definition) is 0. The van der Waals surface area contributed by atoms with E-state index in [2.05, 4.69) is 23.1 Å². The third-order valence-corrected chi connectivity index (χ3v) is 2.02. The number of hydrogen-bond acceptors (Lipinski definition) is 6. The molecule has 0 aromatic carbocycles. The summed E-state index contributed by atoms with van der Waals surface area (Å²) < 4.78 is 9.39. The molecule has 0 N–H and O–H groups in total. The molecule has 22 heavy (non-hydrogen) atoms. The van der Waals surface area contributed by atoms with Gasteiger partial charge in [-0.05, 0) is 12.1 Å². The molecule has 0 spiro atoms. The summed E-state index contributed by atoms with van der Waals surface area (Å²) in [5.41, 5.74) is 0. The molecule has 112 valence electrons. The number of nitrogens with zero attached hydrogens (tertiary/aromatic N) is 2. The van der Waals surface area contributed by atoms with E-state index >= 15 is 0 Å². The molecule has 0 saturated heterocycles. The van der Waals surface area contributed by atoms with E-state index in [0.29, 0.717) is 0 Å². The van der Waals surface area contributed by atoms with Crippen molar-refractivity contribution in [1.82, 2.24) is 9.97 Å². The first-order valence-corrected chi connectivity index (χ1v) is 6.16. The third kappa shape index (κ3) is 6.76. The fraction of sp³-hybridized carbons (Fsp3) is 0. The highest BCUT2D eigenvalue weighted by atomic mass is 16.5. The Morgan fingerprint density at radius 2 is 1.23 bits per heavy atom. The number of ether oxygens (including phenoxy) is 2. The van der Waals surface area contributed by atoms with Gasteiger partial charge in [0.05, 0.1) is 0 Å². The minimum atomic E-state index is -0.497. The van der Waals surface area contributed by atoms with E-state index in [1.165, 1.54) is 0 Å². The van der Waals surface area contributed by atoms with Crippen LogP contribution in [0, 0.1) is 0 Å². The van der Waals surface area contributed by atoms with Gasteiger partial charge in [0.1, 0.15) is 0 Å². The summed E-state index contributed by atoms with van der Waals surface area (Å²) in [5.74, 6) is -0.415. The molecule has 0 aliphatic carbocycles. The second kappa shape index (κ2) is 9.60. The van der Waals surface area contributed by atoms with Crippen LogP contribution in [-0.4, -0.2) is 21.9 Å². The fourth-order valence-corrected chi connectivity index (χ4v) is 1.10. The summed E-state index contributed by atoms with van der Waals surface area (Å²) in [6, 6.07) is 10.1. The first-order valence-electron chi connectivity index (χ1n) is 6.16. The molecule has 2 aromatic rings. The average Bonchev–Trinajstić information content (AvgIpc) is 2.57. The van der Waals surface area contributed by atoms with Crippen LogP contribution >= 0.6 is 0 Å². The van der Waals surface area contributed by atoms with Crippen LogP contribution in [0.5, 0.6) is 11.8 Å². The van der Waals surface area contributed by atoms with Gasteiger partial charge in [0, 0.05) is 36.7 Å². The van der Waals surface area contributed by atoms with Crippen molar-refractivity contribution in [2.24, 2.45) is 0 Å². The van der Waals surface area contributed by atoms with Crippen LogP contribution in [0.25, 0.3) is 0 Å². The number of aromatic nitrogens is 2. The molecule has 0 aliphatic rings. The Balaban J connectivity index is 0.000000220. The van der Waals surface area contributed by atoms with E-state index in [-0.39, 0.29) is 11.8 Å². The van der Waals surface area contributed by atoms with Gasteiger partial charge >= 0.3 is 11.9 Å². The van der Waals surface area contributed by atoms with E-state index in [1.807, 2.05) is 0 Å². The third-order valence-electron chi connectivity index (χ3n) is 2.02. The first-order chi connectivity index (χ1) is 10.7. The molecule has 6 nitrogen and oxygen atoms in total. The van der Waals surface area contributed by atoms with Gasteiger partial charge < -0.3 is 9.47 Å². The van der Waals surface area contributed by atoms with E-state index in [1.54, 1.807) is 48.8 Å². The summed E-state index contributed by atoms with van der Waals surface area (Å²) in [5, 5.41) is 0. The normalized spacial score (nSPS) is 8.73. The summed E-state index contributed by atoms with van der Waals surface area (Å²) in [4.78, 5) is 28.8. The first kappa shape index (κ1) is 16.8. The van der Waals surface area contributed by atoms with Gasteiger partial charge in [0.2, 0.25) is 11.8 Å². The monoisotopic (exact) mass is 298 g/mol. The Morgan fingerprint density at radius 1 is 0.818 bits per heavy atom. The number of esters is 2. The standard InChI is InChI=1S/2C8H7NO2/c2*1-2-8(10)11-7-5-3-4-6-9-7/h2*2-6H,1H2. The SMILES string of the molecule is C=CC(=O)Oc1ccccn1.C=CC(=O)Oc1ccccn1. The van der Waals surface area contributed by atoms with Gasteiger partial charge in [-0.2, -0.15) is 0 Å². The Bertz CT molecular complexity index is 570. The molecule has 0 saturated carbocycles. The van der Waals surface area contributed by atoms with Crippen molar-refractivity contribution in [2.45, 2.75) is 0 Å². The molecule has 2 heterocycles. The Labute approximate surface area is 127 Å². The Morgan fingerprint density at radius 3 is 1.50 bits per heavy atom. The Kier molecular flexibility index (Phi) is 7.32. The lowest BCUT2D eigenvalue weighted by Crippen LogP contribution is -2.03. The molecule has 0 bridgehead atoms. The lowest BCUT2D eigenvalue weighted by Gasteiger charge is -1.96. The second-order valence-corrected chi connectivity index (χ2v) is 3.59. The van der Waals surface area contributed by atoms with Gasteiger partial charge in [-0.3, -0.25) is 0 Å². The molecule has 0 radical (unpaired) electrons. The van der Waals surface area contributed by atoms with Gasteiger partial charge in [-0.25, -0.2) is 19.6 Å². The molecular formula is C16H14N2O4. The maximum atomic E-state index is 10.6. The van der Waals surface area contributed by atoms with E-state index in [0.717, 1.165) is 12.2 Å². The number of rotatable bonds is 4. The second-order valence-electron chi connectivity index (χ2n) is 3.59. The van der Waals surface area contributed by atoms with Crippen molar-refractivity contribution < 1.29 is 19.1 Å². The van der Waals surface area contributed by atoms with Crippen LogP contribution in [0.15, 0.2) is 74.1 Å². The maximum Gasteiger partial charge on any atom is 0.336 e. The zero-order chi connectivity index (χ0) is 16.2. The van der Waals surface area contributed by atoms with Crippen LogP contribution in [-0.2, 0) is 9.59 Å². The van der Waals surface area contributed by atoms with Crippen molar-refractivity contribution in [3.05, 3.63) is 74.1 Å². The summed E-state index contributed by atoms with van der Waals surface area (Å²) in [6.07, 6.45) is 5.28. The van der Waals surface area contributed by atoms with Crippen LogP contribution < -0.4 is 9.47 Å². The predicted molar refractivity (Wildman–Crippen MR) is 80.1 cm³/mol. The molecule has 0 unspecified atom stereocenters. The van der Waals surface area contributed by atoms with E-state index in [4.69, 9.17) is 9.47 Å². The van der Waals surface area contributed by atoms with Crippen molar-refractivity contribution in [2.75, 3.05) is 0 Å². The minimum absolute atomic E-state index is 0.289. The molecule has 2 rings (SSSR count). The molecule has 2 aromatic heterocycles. The zero-order valence-electron chi connectivity index (χ0n) is 11.7. The smallest absolute Gasteiger partial charge is 0.336 e. The van der Waals surface area contributed by atoms with E-state index in [9.17, 15) is 9.59 Å². The number of carbonyl (C=O) groups excluding carboxylic acids is 2. The number of carbonyl (C=O) groups is 2. The summed E-state index contributed by atoms with van der Waals surface area (Å²) >= 11 is 0. The fourth-order valence-electron chi connectivity index (χ4n) is 1.10. The summed E-state index contributed by atoms with van der Waals surface area (Å²) in [6.45, 7) is 6.51. The molecule has 0 aliphatic heterocycles. The largest absolute Gasteiger partial charge is 0.404 e. The highest BCUT2D eigenvalue weighted by Crippen LogP contribution is 2.03. The maximum absolute atomic E-state index is 10.6. The molecule has 0 fully saturated rings. The molecule has 0 atom stereocenters. The van der Waals surface area contributed by atoms with Crippen LogP contribution in [0.2, 0.25) is 0 Å². The van der Waals surface area contributed by atoms with E-state index < -0.39 is 11.9 Å². The van der Waals surface area contributed by atoms with Gasteiger partial charge in [0.15, 0.2) is 0 Å². The quantitative estimate of drug-likeness (QED) is 0.637. The van der Waals surface area contributed by atoms with Crippen LogP contribution in [0.1, 0.15) is 0 Å². The minimum Gasteiger partial charge on any atom is -0.404 e. The molecular weight excluding hydrogens is 284 g/mol. The van der Waals surface area contributed by atoms with Crippen LogP contribution in [0.4, 0.5) is 0 Å². The Hall–Kier alpha value is -3.28. The summed E-state index contributed by atoms with van der Waals surface area (Å²) in [7, 11) is 0. The highest BCUT2D eigenvalue weighted by molar-refractivity contribution is 5.83. The van der Waals surface area contributed by atoms with Crippen molar-refractivity contribution in [3.63, 3.8) is 0 Å². The lowest BCUT2D eigenvalue weighted by atomic mass is 10.5. The van der Waals surface area contributed by atoms with Gasteiger partial charge in [-0.15, -0.1) is 0 Å². The van der Waals surface area contributed by atoms with Crippen molar-refractivity contribution in [1.29, 1.82) is 0 Å². The van der Waals surface area contributed by atoms with Gasteiger partial charge in [-0.1, -0.05) is 25.3 Å². The molecule has 0 amide bonds. The lowest BCUT2D eigenvalue weighted by molar-refractivity contribution is -0.130. The highest BCUT2D eigenvalue weighted by Gasteiger charge is 1.98. The predicted octanol–water partition coefficient (Wildman–Crippen LogP) is 2.35. The van der Waals surface area contributed by atoms with Crippen molar-refractivity contribution in [3.8, 4) is 11.8 Å². The molecule has 6 heteroatoms. The number of pyridine rings is 2. The van der Waals surface area contributed by atoms with Crippen LogP contribution in [0.3, 0.4) is 0 Å². The topological polar surface area (TPSA) is 78.4 Å².